The van der Waals surface area contributed by atoms with E-state index in [1.165, 1.54) is 23.4 Å². The summed E-state index contributed by atoms with van der Waals surface area (Å²) in [6, 6.07) is 7.03. The summed E-state index contributed by atoms with van der Waals surface area (Å²) in [6.45, 7) is 0. The number of aromatic amines is 1. The fourth-order valence-electron chi connectivity index (χ4n) is 1.37. The smallest absolute Gasteiger partial charge is 0.329 e. The first-order valence-electron chi connectivity index (χ1n) is 5.11. The minimum absolute atomic E-state index is 0.144. The molecule has 0 aliphatic heterocycles. The van der Waals surface area contributed by atoms with E-state index in [9.17, 15) is 9.59 Å². The number of hydrogen-bond donors (Lipinski definition) is 3. The summed E-state index contributed by atoms with van der Waals surface area (Å²) in [7, 11) is 1.50. The number of anilines is 2. The molecule has 2 aromatic rings. The van der Waals surface area contributed by atoms with Crippen molar-refractivity contribution in [3.8, 4) is 0 Å². The molecular weight excluding hydrogens is 252 g/mol. The molecule has 0 fully saturated rings. The highest BCUT2D eigenvalue weighted by Crippen LogP contribution is 2.28. The van der Waals surface area contributed by atoms with E-state index in [-0.39, 0.29) is 5.82 Å². The lowest BCUT2D eigenvalue weighted by molar-refractivity contribution is 0.788. The maximum absolute atomic E-state index is 11.7. The van der Waals surface area contributed by atoms with Crippen molar-refractivity contribution in [2.45, 2.75) is 9.79 Å². The second-order valence-electron chi connectivity index (χ2n) is 3.70. The molecule has 1 aromatic carbocycles. The Hall–Kier alpha value is -2.15. The van der Waals surface area contributed by atoms with E-state index >= 15 is 0 Å². The Kier molecular flexibility index (Phi) is 3.15. The first-order valence-corrected chi connectivity index (χ1v) is 5.93. The highest BCUT2D eigenvalue weighted by molar-refractivity contribution is 7.99. The highest BCUT2D eigenvalue weighted by atomic mass is 32.2. The monoisotopic (exact) mass is 264 g/mol. The molecule has 1 heterocycles. The van der Waals surface area contributed by atoms with Crippen molar-refractivity contribution in [3.63, 3.8) is 0 Å². The number of nitrogens with one attached hydrogen (secondary N) is 1. The van der Waals surface area contributed by atoms with Crippen LogP contribution < -0.4 is 22.7 Å². The van der Waals surface area contributed by atoms with Crippen molar-refractivity contribution in [1.29, 1.82) is 0 Å². The molecule has 6 nitrogen and oxygen atoms in total. The molecule has 2 rings (SSSR count). The molecule has 0 aliphatic carbocycles. The van der Waals surface area contributed by atoms with Crippen LogP contribution in [0.1, 0.15) is 0 Å². The Bertz CT molecular complexity index is 688. The van der Waals surface area contributed by atoms with Crippen LogP contribution in [0.2, 0.25) is 0 Å². The van der Waals surface area contributed by atoms with E-state index < -0.39 is 11.2 Å². The summed E-state index contributed by atoms with van der Waals surface area (Å²) in [5.74, 6) is 0.144. The average Bonchev–Trinajstić information content (AvgIpc) is 2.34. The molecule has 7 heteroatoms. The molecule has 0 unspecified atom stereocenters. The molecule has 0 amide bonds. The summed E-state index contributed by atoms with van der Waals surface area (Å²) < 4.78 is 1.20. The number of aromatic nitrogens is 2. The zero-order valence-electron chi connectivity index (χ0n) is 9.64. The van der Waals surface area contributed by atoms with Crippen LogP contribution in [-0.2, 0) is 7.05 Å². The number of nitrogens with two attached hydrogens (primary N) is 2. The maximum atomic E-state index is 11.7. The second kappa shape index (κ2) is 4.61. The molecule has 18 heavy (non-hydrogen) atoms. The molecule has 94 valence electrons. The normalized spacial score (nSPS) is 10.5. The largest absolute Gasteiger partial charge is 0.399 e. The molecule has 0 bridgehead atoms. The Balaban J connectivity index is 2.47. The van der Waals surface area contributed by atoms with Crippen molar-refractivity contribution in [3.05, 3.63) is 45.1 Å². The first-order chi connectivity index (χ1) is 8.49. The van der Waals surface area contributed by atoms with Gasteiger partial charge in [-0.2, -0.15) is 0 Å². The lowest BCUT2D eigenvalue weighted by Gasteiger charge is -2.07. The van der Waals surface area contributed by atoms with Crippen LogP contribution in [-0.4, -0.2) is 9.55 Å². The highest BCUT2D eigenvalue weighted by Gasteiger charge is 2.11. The molecule has 5 N–H and O–H groups in total. The fourth-order valence-corrected chi connectivity index (χ4v) is 2.26. The Morgan fingerprint density at radius 1 is 1.17 bits per heavy atom. The summed E-state index contributed by atoms with van der Waals surface area (Å²) in [6.07, 6.45) is 0. The van der Waals surface area contributed by atoms with Crippen molar-refractivity contribution >= 4 is 23.3 Å². The predicted molar refractivity (Wildman–Crippen MR) is 71.7 cm³/mol. The van der Waals surface area contributed by atoms with E-state index in [0.717, 1.165) is 4.90 Å². The minimum Gasteiger partial charge on any atom is -0.399 e. The van der Waals surface area contributed by atoms with E-state index in [4.69, 9.17) is 11.5 Å². The summed E-state index contributed by atoms with van der Waals surface area (Å²) >= 11 is 1.19. The topological polar surface area (TPSA) is 107 Å². The van der Waals surface area contributed by atoms with Gasteiger partial charge in [0.15, 0.2) is 0 Å². The second-order valence-corrected chi connectivity index (χ2v) is 4.79. The number of rotatable bonds is 2. The molecule has 0 spiro atoms. The molecular formula is C11H12N4O2S. The molecule has 0 aliphatic rings. The molecule has 0 saturated carbocycles. The minimum atomic E-state index is -0.529. The Labute approximate surface area is 107 Å². The zero-order chi connectivity index (χ0) is 13.3. The van der Waals surface area contributed by atoms with Crippen molar-refractivity contribution in [2.75, 3.05) is 11.5 Å². The summed E-state index contributed by atoms with van der Waals surface area (Å²) in [4.78, 5) is 26.3. The van der Waals surface area contributed by atoms with E-state index in [1.807, 2.05) is 0 Å². The first kappa shape index (κ1) is 12.3. The van der Waals surface area contributed by atoms with Crippen LogP contribution in [0.25, 0.3) is 0 Å². The van der Waals surface area contributed by atoms with Gasteiger partial charge in [-0.3, -0.25) is 14.3 Å². The van der Waals surface area contributed by atoms with Gasteiger partial charge in [0.2, 0.25) is 0 Å². The van der Waals surface area contributed by atoms with Gasteiger partial charge in [-0.15, -0.1) is 0 Å². The summed E-state index contributed by atoms with van der Waals surface area (Å²) in [5.41, 5.74) is 11.0. The van der Waals surface area contributed by atoms with Crippen LogP contribution in [0.4, 0.5) is 11.5 Å². The standard InChI is InChI=1S/C11H12N4O2S/c1-15-9(13)8(10(16)14-11(15)17)18-7-4-2-6(12)3-5-7/h2-5H,12-13H2,1H3,(H,14,16,17). The lowest BCUT2D eigenvalue weighted by atomic mass is 10.3. The Morgan fingerprint density at radius 3 is 2.39 bits per heavy atom. The maximum Gasteiger partial charge on any atom is 0.329 e. The van der Waals surface area contributed by atoms with Crippen LogP contribution in [0.15, 0.2) is 43.6 Å². The number of nitrogen functional groups attached to an aromatic ring is 2. The van der Waals surface area contributed by atoms with Gasteiger partial charge in [0.05, 0.1) is 0 Å². The predicted octanol–water partition coefficient (Wildman–Crippen LogP) is 0.389. The third kappa shape index (κ3) is 2.25. The third-order valence-electron chi connectivity index (χ3n) is 2.43. The van der Waals surface area contributed by atoms with Gasteiger partial charge in [-0.1, -0.05) is 11.8 Å². The lowest BCUT2D eigenvalue weighted by Crippen LogP contribution is -2.31. The van der Waals surface area contributed by atoms with Crippen LogP contribution in [0.5, 0.6) is 0 Å². The van der Waals surface area contributed by atoms with Gasteiger partial charge in [-0.05, 0) is 24.3 Å². The molecule has 0 radical (unpaired) electrons. The van der Waals surface area contributed by atoms with Gasteiger partial charge in [-0.25, -0.2) is 4.79 Å². The van der Waals surface area contributed by atoms with Crippen molar-refractivity contribution in [2.24, 2.45) is 7.05 Å². The SMILES string of the molecule is Cn1c(N)c(Sc2ccc(N)cc2)c(=O)[nH]c1=O. The van der Waals surface area contributed by atoms with Gasteiger partial charge >= 0.3 is 5.69 Å². The van der Waals surface area contributed by atoms with Crippen molar-refractivity contribution < 1.29 is 0 Å². The fraction of sp³-hybridized carbons (Fsp3) is 0.0909. The number of H-pyrrole nitrogens is 1. The van der Waals surface area contributed by atoms with Crippen LogP contribution in [0, 0.1) is 0 Å². The van der Waals surface area contributed by atoms with Gasteiger partial charge in [0, 0.05) is 17.6 Å². The number of benzene rings is 1. The molecule has 0 saturated heterocycles. The zero-order valence-corrected chi connectivity index (χ0v) is 10.5. The average molecular weight is 264 g/mol. The molecule has 1 aromatic heterocycles. The summed E-state index contributed by atoms with van der Waals surface area (Å²) in [5, 5.41) is 0. The Morgan fingerprint density at radius 2 is 1.78 bits per heavy atom. The van der Waals surface area contributed by atoms with Crippen LogP contribution in [0.3, 0.4) is 0 Å². The van der Waals surface area contributed by atoms with E-state index in [2.05, 4.69) is 4.98 Å². The van der Waals surface area contributed by atoms with Crippen LogP contribution >= 0.6 is 11.8 Å². The quantitative estimate of drug-likeness (QED) is 0.680. The number of nitrogens with zero attached hydrogens (tertiary/aromatic N) is 1. The van der Waals surface area contributed by atoms with Gasteiger partial charge in [0.1, 0.15) is 10.7 Å². The van der Waals surface area contributed by atoms with Crippen molar-refractivity contribution in [1.82, 2.24) is 9.55 Å². The van der Waals surface area contributed by atoms with E-state index in [0.29, 0.717) is 10.6 Å². The van der Waals surface area contributed by atoms with Gasteiger partial charge in [0.25, 0.3) is 5.56 Å². The number of hydrogen-bond acceptors (Lipinski definition) is 5. The van der Waals surface area contributed by atoms with Gasteiger partial charge < -0.3 is 11.5 Å². The third-order valence-corrected chi connectivity index (χ3v) is 3.53. The van der Waals surface area contributed by atoms with E-state index in [1.54, 1.807) is 24.3 Å². The molecule has 0 atom stereocenters.